The molecule has 0 amide bonds. The first-order valence-electron chi connectivity index (χ1n) is 6.60. The maximum atomic E-state index is 12.6. The van der Waals surface area contributed by atoms with Gasteiger partial charge in [0.2, 0.25) is 10.0 Å². The van der Waals surface area contributed by atoms with Gasteiger partial charge in [-0.05, 0) is 36.2 Å². The Labute approximate surface area is 126 Å². The topological polar surface area (TPSA) is 46.6 Å². The SMILES string of the molecule is COc1ccc(CN(C)S(=O)(=O)c2ccccc2C)cc1. The number of nitrogens with zero attached hydrogens (tertiary/aromatic N) is 1. The van der Waals surface area contributed by atoms with Gasteiger partial charge in [0.25, 0.3) is 0 Å². The fourth-order valence-electron chi connectivity index (χ4n) is 2.09. The molecule has 21 heavy (non-hydrogen) atoms. The molecule has 0 atom stereocenters. The summed E-state index contributed by atoms with van der Waals surface area (Å²) in [6.45, 7) is 2.12. The molecule has 0 saturated carbocycles. The van der Waals surface area contributed by atoms with Gasteiger partial charge in [-0.2, -0.15) is 4.31 Å². The molecule has 0 aliphatic heterocycles. The fourth-order valence-corrected chi connectivity index (χ4v) is 3.47. The van der Waals surface area contributed by atoms with Crippen LogP contribution in [0, 0.1) is 6.92 Å². The lowest BCUT2D eigenvalue weighted by Gasteiger charge is -2.18. The quantitative estimate of drug-likeness (QED) is 0.853. The van der Waals surface area contributed by atoms with E-state index in [0.717, 1.165) is 16.9 Å². The summed E-state index contributed by atoms with van der Waals surface area (Å²) in [4.78, 5) is 0.348. The monoisotopic (exact) mass is 305 g/mol. The normalized spacial score (nSPS) is 11.6. The van der Waals surface area contributed by atoms with Gasteiger partial charge >= 0.3 is 0 Å². The number of hydrogen-bond donors (Lipinski definition) is 0. The number of rotatable bonds is 5. The Hall–Kier alpha value is -1.85. The van der Waals surface area contributed by atoms with Crippen molar-refractivity contribution in [2.45, 2.75) is 18.4 Å². The Kier molecular flexibility index (Phi) is 4.65. The summed E-state index contributed by atoms with van der Waals surface area (Å²) < 4.78 is 31.6. The molecule has 0 bridgehead atoms. The maximum absolute atomic E-state index is 12.6. The highest BCUT2D eigenvalue weighted by Crippen LogP contribution is 2.20. The molecule has 0 spiro atoms. The van der Waals surface area contributed by atoms with Crippen LogP contribution < -0.4 is 4.74 Å². The molecular formula is C16H19NO3S. The summed E-state index contributed by atoms with van der Waals surface area (Å²) in [5.74, 6) is 0.753. The van der Waals surface area contributed by atoms with Crippen LogP contribution >= 0.6 is 0 Å². The second kappa shape index (κ2) is 6.28. The van der Waals surface area contributed by atoms with Gasteiger partial charge in [-0.1, -0.05) is 30.3 Å². The average Bonchev–Trinajstić information content (AvgIpc) is 2.48. The van der Waals surface area contributed by atoms with Crippen molar-refractivity contribution in [2.24, 2.45) is 0 Å². The fraction of sp³-hybridized carbons (Fsp3) is 0.250. The van der Waals surface area contributed by atoms with Crippen molar-refractivity contribution >= 4 is 10.0 Å². The Morgan fingerprint density at radius 3 is 2.24 bits per heavy atom. The van der Waals surface area contributed by atoms with Crippen LogP contribution in [-0.4, -0.2) is 26.9 Å². The molecule has 0 radical (unpaired) electrons. The zero-order valence-electron chi connectivity index (χ0n) is 12.4. The van der Waals surface area contributed by atoms with Crippen molar-refractivity contribution in [3.8, 4) is 5.75 Å². The second-order valence-corrected chi connectivity index (χ2v) is 6.89. The summed E-state index contributed by atoms with van der Waals surface area (Å²) >= 11 is 0. The van der Waals surface area contributed by atoms with Gasteiger partial charge in [0.1, 0.15) is 5.75 Å². The van der Waals surface area contributed by atoms with E-state index < -0.39 is 10.0 Å². The van der Waals surface area contributed by atoms with E-state index in [1.807, 2.05) is 30.3 Å². The van der Waals surface area contributed by atoms with Crippen molar-refractivity contribution in [3.05, 3.63) is 59.7 Å². The molecule has 2 rings (SSSR count). The summed E-state index contributed by atoms with van der Waals surface area (Å²) in [6, 6.07) is 14.4. The molecule has 4 nitrogen and oxygen atoms in total. The van der Waals surface area contributed by atoms with Crippen LogP contribution in [0.15, 0.2) is 53.4 Å². The molecule has 0 unspecified atom stereocenters. The van der Waals surface area contributed by atoms with Crippen LogP contribution in [0.1, 0.15) is 11.1 Å². The first-order valence-corrected chi connectivity index (χ1v) is 8.04. The second-order valence-electron chi connectivity index (χ2n) is 4.87. The van der Waals surface area contributed by atoms with Crippen LogP contribution in [0.2, 0.25) is 0 Å². The molecule has 0 aliphatic carbocycles. The standard InChI is InChI=1S/C16H19NO3S/c1-13-6-4-5-7-16(13)21(18,19)17(2)12-14-8-10-15(20-3)11-9-14/h4-11H,12H2,1-3H3. The predicted molar refractivity (Wildman–Crippen MR) is 82.8 cm³/mol. The van der Waals surface area contributed by atoms with Gasteiger partial charge in [0.15, 0.2) is 0 Å². The lowest BCUT2D eigenvalue weighted by atomic mass is 10.2. The third-order valence-corrected chi connectivity index (χ3v) is 5.31. The Bertz CT molecular complexity index is 709. The van der Waals surface area contributed by atoms with E-state index in [2.05, 4.69) is 0 Å². The zero-order chi connectivity index (χ0) is 15.5. The van der Waals surface area contributed by atoms with E-state index in [9.17, 15) is 8.42 Å². The summed E-state index contributed by atoms with van der Waals surface area (Å²) in [7, 11) is -0.291. The molecule has 0 N–H and O–H groups in total. The molecule has 2 aromatic rings. The zero-order valence-corrected chi connectivity index (χ0v) is 13.2. The van der Waals surface area contributed by atoms with Crippen LogP contribution in [-0.2, 0) is 16.6 Å². The van der Waals surface area contributed by atoms with E-state index in [0.29, 0.717) is 11.4 Å². The highest BCUT2D eigenvalue weighted by molar-refractivity contribution is 7.89. The molecule has 5 heteroatoms. The third kappa shape index (κ3) is 3.43. The molecular weight excluding hydrogens is 286 g/mol. The van der Waals surface area contributed by atoms with Crippen LogP contribution in [0.5, 0.6) is 5.75 Å². The van der Waals surface area contributed by atoms with Crippen molar-refractivity contribution in [2.75, 3.05) is 14.2 Å². The Morgan fingerprint density at radius 1 is 1.05 bits per heavy atom. The number of sulfonamides is 1. The van der Waals surface area contributed by atoms with Gasteiger partial charge in [-0.25, -0.2) is 8.42 Å². The first-order chi connectivity index (χ1) is 9.95. The van der Waals surface area contributed by atoms with Gasteiger partial charge in [0, 0.05) is 13.6 Å². The largest absolute Gasteiger partial charge is 0.497 e. The first kappa shape index (κ1) is 15.5. The summed E-state index contributed by atoms with van der Waals surface area (Å²) in [5.41, 5.74) is 1.66. The van der Waals surface area contributed by atoms with E-state index in [-0.39, 0.29) is 0 Å². The minimum absolute atomic E-state index is 0.320. The third-order valence-electron chi connectivity index (χ3n) is 3.35. The van der Waals surface area contributed by atoms with Crippen molar-refractivity contribution < 1.29 is 13.2 Å². The highest BCUT2D eigenvalue weighted by atomic mass is 32.2. The summed E-state index contributed by atoms with van der Waals surface area (Å²) in [5, 5.41) is 0. The average molecular weight is 305 g/mol. The minimum Gasteiger partial charge on any atom is -0.497 e. The van der Waals surface area contributed by atoms with E-state index in [4.69, 9.17) is 4.74 Å². The maximum Gasteiger partial charge on any atom is 0.243 e. The lowest BCUT2D eigenvalue weighted by molar-refractivity contribution is 0.414. The van der Waals surface area contributed by atoms with Gasteiger partial charge in [-0.15, -0.1) is 0 Å². The molecule has 0 aliphatic rings. The van der Waals surface area contributed by atoms with Crippen LogP contribution in [0.3, 0.4) is 0 Å². The van der Waals surface area contributed by atoms with Gasteiger partial charge in [-0.3, -0.25) is 0 Å². The molecule has 0 saturated heterocycles. The number of benzene rings is 2. The Balaban J connectivity index is 2.22. The van der Waals surface area contributed by atoms with Crippen molar-refractivity contribution in [1.29, 1.82) is 0 Å². The Morgan fingerprint density at radius 2 is 1.67 bits per heavy atom. The van der Waals surface area contributed by atoms with Crippen molar-refractivity contribution in [1.82, 2.24) is 4.31 Å². The van der Waals surface area contributed by atoms with E-state index in [1.54, 1.807) is 39.3 Å². The summed E-state index contributed by atoms with van der Waals surface area (Å²) in [6.07, 6.45) is 0. The number of aryl methyl sites for hydroxylation is 1. The molecule has 0 fully saturated rings. The smallest absolute Gasteiger partial charge is 0.243 e. The highest BCUT2D eigenvalue weighted by Gasteiger charge is 2.22. The van der Waals surface area contributed by atoms with E-state index >= 15 is 0 Å². The van der Waals surface area contributed by atoms with Crippen molar-refractivity contribution in [3.63, 3.8) is 0 Å². The number of ether oxygens (including phenoxy) is 1. The lowest BCUT2D eigenvalue weighted by Crippen LogP contribution is -2.27. The molecule has 2 aromatic carbocycles. The number of hydrogen-bond acceptors (Lipinski definition) is 3. The predicted octanol–water partition coefficient (Wildman–Crippen LogP) is 2.82. The minimum atomic E-state index is -3.48. The molecule has 0 heterocycles. The van der Waals surface area contributed by atoms with Gasteiger partial charge < -0.3 is 4.74 Å². The number of methoxy groups -OCH3 is 1. The van der Waals surface area contributed by atoms with E-state index in [1.165, 1.54) is 4.31 Å². The van der Waals surface area contributed by atoms with Crippen LogP contribution in [0.4, 0.5) is 0 Å². The van der Waals surface area contributed by atoms with Crippen LogP contribution in [0.25, 0.3) is 0 Å². The molecule has 112 valence electrons. The van der Waals surface area contributed by atoms with Gasteiger partial charge in [0.05, 0.1) is 12.0 Å². The molecule has 0 aromatic heterocycles.